The van der Waals surface area contributed by atoms with Crippen molar-refractivity contribution in [3.05, 3.63) is 63.3 Å². The lowest BCUT2D eigenvalue weighted by Crippen LogP contribution is -2.56. The fourth-order valence-electron chi connectivity index (χ4n) is 3.72. The maximum absolute atomic E-state index is 12.8. The van der Waals surface area contributed by atoms with E-state index in [0.717, 1.165) is 29.4 Å². The Morgan fingerprint density at radius 2 is 1.90 bits per heavy atom. The fraction of sp³-hybridized carbons (Fsp3) is 0.381. The first-order chi connectivity index (χ1) is 14.0. The first-order valence-corrected chi connectivity index (χ1v) is 10.6. The molecule has 0 atom stereocenters. The van der Waals surface area contributed by atoms with Gasteiger partial charge in [-0.15, -0.1) is 0 Å². The summed E-state index contributed by atoms with van der Waals surface area (Å²) in [6, 6.07) is 7.70. The number of aromatic nitrogens is 3. The highest BCUT2D eigenvalue weighted by Crippen LogP contribution is 2.35. The van der Waals surface area contributed by atoms with Gasteiger partial charge in [-0.2, -0.15) is 0 Å². The van der Waals surface area contributed by atoms with Gasteiger partial charge in [0.15, 0.2) is 5.13 Å². The molecule has 4 heterocycles. The predicted octanol–water partition coefficient (Wildman–Crippen LogP) is 2.95. The van der Waals surface area contributed by atoms with Crippen LogP contribution >= 0.6 is 11.3 Å². The zero-order valence-corrected chi connectivity index (χ0v) is 17.2. The molecule has 1 saturated carbocycles. The van der Waals surface area contributed by atoms with Gasteiger partial charge in [0.1, 0.15) is 16.7 Å². The van der Waals surface area contributed by atoms with Crippen molar-refractivity contribution in [1.82, 2.24) is 19.0 Å². The van der Waals surface area contributed by atoms with Crippen LogP contribution in [0.1, 0.15) is 39.9 Å². The van der Waals surface area contributed by atoms with E-state index in [1.54, 1.807) is 11.0 Å². The Hall–Kier alpha value is -2.87. The number of carbonyl (C=O) groups is 1. The number of rotatable bonds is 5. The van der Waals surface area contributed by atoms with Crippen LogP contribution in [0.3, 0.4) is 0 Å². The minimum atomic E-state index is -0.0910. The van der Waals surface area contributed by atoms with Crippen molar-refractivity contribution in [2.45, 2.75) is 38.8 Å². The maximum atomic E-state index is 12.8. The average molecular weight is 410 g/mol. The fourth-order valence-corrected chi connectivity index (χ4v) is 4.72. The first kappa shape index (κ1) is 18.2. The van der Waals surface area contributed by atoms with Crippen LogP contribution in [-0.4, -0.2) is 44.1 Å². The molecule has 0 N–H and O–H groups in total. The van der Waals surface area contributed by atoms with Gasteiger partial charge >= 0.3 is 0 Å². The summed E-state index contributed by atoms with van der Waals surface area (Å²) in [5, 5.41) is 0.788. The molecule has 0 unspecified atom stereocenters. The van der Waals surface area contributed by atoms with Gasteiger partial charge < -0.3 is 18.8 Å². The Bertz CT molecular complexity index is 1120. The Kier molecular flexibility index (Phi) is 4.31. The normalized spacial score (nSPS) is 16.7. The molecule has 150 valence electrons. The molecule has 7 nitrogen and oxygen atoms in total. The second-order valence-electron chi connectivity index (χ2n) is 7.72. The van der Waals surface area contributed by atoms with Gasteiger partial charge in [-0.1, -0.05) is 11.3 Å². The summed E-state index contributed by atoms with van der Waals surface area (Å²) in [4.78, 5) is 32.1. The molecule has 2 fully saturated rings. The molecule has 29 heavy (non-hydrogen) atoms. The molecule has 1 aliphatic heterocycles. The molecule has 1 saturated heterocycles. The van der Waals surface area contributed by atoms with Gasteiger partial charge in [0.25, 0.3) is 11.5 Å². The summed E-state index contributed by atoms with van der Waals surface area (Å²) >= 11 is 1.40. The summed E-state index contributed by atoms with van der Waals surface area (Å²) in [6.45, 7) is 4.83. The average Bonchev–Trinajstić information content (AvgIpc) is 3.15. The molecular formula is C21H22N4O3S. The first-order valence-electron chi connectivity index (χ1n) is 9.79. The van der Waals surface area contributed by atoms with Crippen molar-refractivity contribution in [3.8, 4) is 10.9 Å². The lowest BCUT2D eigenvalue weighted by molar-refractivity contribution is 0.0179. The number of likely N-dealkylation sites (tertiary alicyclic amines) is 1. The highest BCUT2D eigenvalue weighted by Gasteiger charge is 2.35. The lowest BCUT2D eigenvalue weighted by atomic mass is 10.1. The molecule has 0 bridgehead atoms. The quantitative estimate of drug-likeness (QED) is 0.649. The Balaban J connectivity index is 1.23. The lowest BCUT2D eigenvalue weighted by Gasteiger charge is -2.38. The van der Waals surface area contributed by atoms with E-state index in [1.165, 1.54) is 11.3 Å². The second-order valence-corrected chi connectivity index (χ2v) is 8.70. The number of carbonyl (C=O) groups excluding carboxylic acids is 1. The van der Waals surface area contributed by atoms with Crippen molar-refractivity contribution in [2.75, 3.05) is 13.1 Å². The molecule has 3 aromatic rings. The van der Waals surface area contributed by atoms with E-state index in [0.29, 0.717) is 29.8 Å². The molecule has 5 rings (SSSR count). The van der Waals surface area contributed by atoms with Gasteiger partial charge in [0, 0.05) is 30.2 Å². The van der Waals surface area contributed by atoms with Crippen LogP contribution < -0.4 is 10.3 Å². The van der Waals surface area contributed by atoms with E-state index in [-0.39, 0.29) is 17.6 Å². The molecule has 2 aliphatic rings. The van der Waals surface area contributed by atoms with Crippen LogP contribution in [0.4, 0.5) is 0 Å². The van der Waals surface area contributed by atoms with Crippen molar-refractivity contribution >= 4 is 17.2 Å². The number of ether oxygens (including phenoxy) is 1. The van der Waals surface area contributed by atoms with Gasteiger partial charge in [-0.3, -0.25) is 9.59 Å². The van der Waals surface area contributed by atoms with E-state index >= 15 is 0 Å². The molecule has 1 aliphatic carbocycles. The molecular weight excluding hydrogens is 388 g/mol. The predicted molar refractivity (Wildman–Crippen MR) is 110 cm³/mol. The number of aryl methyl sites for hydroxylation is 2. The van der Waals surface area contributed by atoms with Crippen molar-refractivity contribution in [1.29, 1.82) is 0 Å². The number of amides is 1. The number of thiazole rings is 1. The third-order valence-corrected chi connectivity index (χ3v) is 6.55. The highest BCUT2D eigenvalue weighted by atomic mass is 32.1. The summed E-state index contributed by atoms with van der Waals surface area (Å²) in [6.07, 6.45) is 5.89. The van der Waals surface area contributed by atoms with Gasteiger partial charge in [-0.25, -0.2) is 4.98 Å². The van der Waals surface area contributed by atoms with Crippen molar-refractivity contribution in [2.24, 2.45) is 0 Å². The molecule has 3 aromatic heterocycles. The Labute approximate surface area is 172 Å². The second kappa shape index (κ2) is 6.88. The van der Waals surface area contributed by atoms with E-state index < -0.39 is 0 Å². The number of pyridine rings is 1. The molecule has 0 radical (unpaired) electrons. The third kappa shape index (κ3) is 3.37. The van der Waals surface area contributed by atoms with E-state index in [9.17, 15) is 9.59 Å². The Morgan fingerprint density at radius 3 is 2.55 bits per heavy atom. The van der Waals surface area contributed by atoms with E-state index in [1.807, 2.05) is 53.6 Å². The zero-order valence-electron chi connectivity index (χ0n) is 16.4. The van der Waals surface area contributed by atoms with Crippen LogP contribution in [0, 0.1) is 13.8 Å². The summed E-state index contributed by atoms with van der Waals surface area (Å²) in [5.41, 5.74) is 1.67. The van der Waals surface area contributed by atoms with Crippen molar-refractivity contribution < 1.29 is 9.53 Å². The molecule has 1 amide bonds. The summed E-state index contributed by atoms with van der Waals surface area (Å²) < 4.78 is 9.71. The molecule has 0 aromatic carbocycles. The smallest absolute Gasteiger partial charge is 0.266 e. The summed E-state index contributed by atoms with van der Waals surface area (Å²) in [5.74, 6) is 0.573. The van der Waals surface area contributed by atoms with E-state index in [4.69, 9.17) is 4.74 Å². The largest absolute Gasteiger partial charge is 0.486 e. The SMILES string of the molecule is Cc1nc(-n2cccc2)sc1C(=O)N1CC(Oc2cc(C)n(C3CC3)c(=O)c2)C1. The topological polar surface area (TPSA) is 69.4 Å². The van der Waals surface area contributed by atoms with Crippen LogP contribution in [0.2, 0.25) is 0 Å². The Morgan fingerprint density at radius 1 is 1.17 bits per heavy atom. The minimum absolute atomic E-state index is 0.00687. The number of nitrogens with zero attached hydrogens (tertiary/aromatic N) is 4. The van der Waals surface area contributed by atoms with E-state index in [2.05, 4.69) is 4.98 Å². The molecule has 8 heteroatoms. The monoisotopic (exact) mass is 410 g/mol. The number of hydrogen-bond donors (Lipinski definition) is 0. The van der Waals surface area contributed by atoms with Crippen LogP contribution in [-0.2, 0) is 0 Å². The van der Waals surface area contributed by atoms with Crippen LogP contribution in [0.5, 0.6) is 5.75 Å². The van der Waals surface area contributed by atoms with Gasteiger partial charge in [0.05, 0.1) is 18.8 Å². The standard InChI is InChI=1S/C21H22N4O3S/c1-13-9-16(10-18(26)25(13)15-5-6-15)28-17-11-24(12-17)20(27)19-14(2)22-21(29-19)23-7-3-4-8-23/h3-4,7-10,15,17H,5-6,11-12H2,1-2H3. The summed E-state index contributed by atoms with van der Waals surface area (Å²) in [7, 11) is 0. The van der Waals surface area contributed by atoms with Crippen LogP contribution in [0.15, 0.2) is 41.5 Å². The number of hydrogen-bond acceptors (Lipinski definition) is 5. The zero-order chi connectivity index (χ0) is 20.1. The minimum Gasteiger partial charge on any atom is -0.486 e. The van der Waals surface area contributed by atoms with Gasteiger partial charge in [-0.05, 0) is 44.9 Å². The van der Waals surface area contributed by atoms with Gasteiger partial charge in [0.2, 0.25) is 0 Å². The molecule has 0 spiro atoms. The third-order valence-electron chi connectivity index (χ3n) is 5.39. The highest BCUT2D eigenvalue weighted by molar-refractivity contribution is 7.16. The maximum Gasteiger partial charge on any atom is 0.266 e. The van der Waals surface area contributed by atoms with Crippen LogP contribution in [0.25, 0.3) is 5.13 Å². The van der Waals surface area contributed by atoms with Crippen molar-refractivity contribution in [3.63, 3.8) is 0 Å².